The van der Waals surface area contributed by atoms with Crippen LogP contribution >= 0.6 is 0 Å². The van der Waals surface area contributed by atoms with Gasteiger partial charge in [-0.2, -0.15) is 0 Å². The fraction of sp³-hybridized carbons (Fsp3) is 1.00. The predicted octanol–water partition coefficient (Wildman–Crippen LogP) is 0.708. The average molecular weight is 115 g/mol. The van der Waals surface area contributed by atoms with Crippen LogP contribution in [-0.4, -0.2) is 19.3 Å². The van der Waals surface area contributed by atoms with Gasteiger partial charge in [0.15, 0.2) is 0 Å². The van der Waals surface area contributed by atoms with Crippen LogP contribution in [0.3, 0.4) is 0 Å². The van der Waals surface area contributed by atoms with E-state index in [-0.39, 0.29) is 0 Å². The second-order valence-corrected chi connectivity index (χ2v) is 3.11. The Hall–Kier alpha value is -0.110. The van der Waals surface area contributed by atoms with Crippen LogP contribution in [0.25, 0.3) is 0 Å². The van der Waals surface area contributed by atoms with E-state index in [1.165, 1.54) is 0 Å². The summed E-state index contributed by atoms with van der Waals surface area (Å²) in [7, 11) is 0. The Morgan fingerprint density at radius 1 is 1.38 bits per heavy atom. The molecule has 0 amide bonds. The molecule has 1 aliphatic carbocycles. The topological polar surface area (TPSA) is 12.0 Å². The summed E-state index contributed by atoms with van der Waals surface area (Å²) in [5, 5.41) is 3.16. The van der Waals surface area contributed by atoms with Crippen molar-refractivity contribution in [2.45, 2.75) is 19.0 Å². The summed E-state index contributed by atoms with van der Waals surface area (Å²) in [6.45, 7) is 2.13. The van der Waals surface area contributed by atoms with Gasteiger partial charge in [0.05, 0.1) is 0 Å². The van der Waals surface area contributed by atoms with Crippen LogP contribution in [0.2, 0.25) is 0 Å². The molecular formula is C6H10FN. The molecule has 0 bridgehead atoms. The summed E-state index contributed by atoms with van der Waals surface area (Å²) in [5.74, 6) is 0. The quantitative estimate of drug-likeness (QED) is 0.490. The van der Waals surface area contributed by atoms with Gasteiger partial charge in [-0.05, 0) is 12.8 Å². The third-order valence-electron chi connectivity index (χ3n) is 2.31. The van der Waals surface area contributed by atoms with E-state index < -0.39 is 6.17 Å². The summed E-state index contributed by atoms with van der Waals surface area (Å²) in [6.07, 6.45) is 1.16. The molecule has 46 valence electrons. The SMILES string of the molecule is FC1CC2(CNC2)C1. The van der Waals surface area contributed by atoms with E-state index in [9.17, 15) is 4.39 Å². The number of alkyl halides is 1. The molecule has 2 heteroatoms. The van der Waals surface area contributed by atoms with E-state index in [2.05, 4.69) is 5.32 Å². The highest BCUT2D eigenvalue weighted by atomic mass is 19.1. The van der Waals surface area contributed by atoms with E-state index in [1.54, 1.807) is 0 Å². The molecule has 2 fully saturated rings. The van der Waals surface area contributed by atoms with Crippen molar-refractivity contribution in [1.29, 1.82) is 0 Å². The highest BCUT2D eigenvalue weighted by Crippen LogP contribution is 2.45. The van der Waals surface area contributed by atoms with Gasteiger partial charge in [-0.25, -0.2) is 4.39 Å². The number of nitrogens with one attached hydrogen (secondary N) is 1. The highest BCUT2D eigenvalue weighted by molar-refractivity contribution is 5.02. The number of rotatable bonds is 0. The van der Waals surface area contributed by atoms with Gasteiger partial charge in [0.25, 0.3) is 0 Å². The molecule has 0 radical (unpaired) electrons. The normalized spacial score (nSPS) is 34.1. The standard InChI is InChI=1S/C6H10FN/c7-5-1-6(2-5)3-8-4-6/h5,8H,1-4H2. The van der Waals surface area contributed by atoms with Crippen molar-refractivity contribution in [3.05, 3.63) is 0 Å². The molecule has 1 nitrogen and oxygen atoms in total. The van der Waals surface area contributed by atoms with E-state index >= 15 is 0 Å². The van der Waals surface area contributed by atoms with Gasteiger partial charge in [-0.15, -0.1) is 0 Å². The lowest BCUT2D eigenvalue weighted by Crippen LogP contribution is -2.60. The Morgan fingerprint density at radius 3 is 2.12 bits per heavy atom. The van der Waals surface area contributed by atoms with Gasteiger partial charge >= 0.3 is 0 Å². The van der Waals surface area contributed by atoms with Crippen molar-refractivity contribution in [3.63, 3.8) is 0 Å². The first-order chi connectivity index (χ1) is 3.81. The Balaban J connectivity index is 1.92. The molecule has 0 atom stereocenters. The highest BCUT2D eigenvalue weighted by Gasteiger charge is 2.48. The summed E-state index contributed by atoms with van der Waals surface area (Å²) < 4.78 is 12.2. The minimum atomic E-state index is -0.475. The van der Waals surface area contributed by atoms with Crippen molar-refractivity contribution in [1.82, 2.24) is 5.32 Å². The minimum absolute atomic E-state index is 0.430. The van der Waals surface area contributed by atoms with E-state index in [0.717, 1.165) is 25.9 Å². The van der Waals surface area contributed by atoms with Gasteiger partial charge in [0, 0.05) is 18.5 Å². The van der Waals surface area contributed by atoms with Crippen LogP contribution in [0, 0.1) is 5.41 Å². The molecule has 1 saturated carbocycles. The fourth-order valence-electron chi connectivity index (χ4n) is 1.65. The van der Waals surface area contributed by atoms with Crippen molar-refractivity contribution < 1.29 is 4.39 Å². The van der Waals surface area contributed by atoms with Crippen molar-refractivity contribution in [2.75, 3.05) is 13.1 Å². The third-order valence-corrected chi connectivity index (χ3v) is 2.31. The fourth-order valence-corrected chi connectivity index (χ4v) is 1.65. The maximum Gasteiger partial charge on any atom is 0.101 e. The smallest absolute Gasteiger partial charge is 0.101 e. The molecule has 2 aliphatic rings. The monoisotopic (exact) mass is 115 g/mol. The number of hydrogen-bond donors (Lipinski definition) is 1. The lowest BCUT2D eigenvalue weighted by atomic mass is 9.63. The van der Waals surface area contributed by atoms with E-state index in [0.29, 0.717) is 5.41 Å². The van der Waals surface area contributed by atoms with Crippen LogP contribution in [0.15, 0.2) is 0 Å². The Bertz CT molecular complexity index is 101. The lowest BCUT2D eigenvalue weighted by molar-refractivity contribution is -0.0186. The minimum Gasteiger partial charge on any atom is -0.316 e. The second-order valence-electron chi connectivity index (χ2n) is 3.11. The maximum atomic E-state index is 12.2. The van der Waals surface area contributed by atoms with Crippen LogP contribution in [0.5, 0.6) is 0 Å². The largest absolute Gasteiger partial charge is 0.316 e. The molecule has 8 heavy (non-hydrogen) atoms. The molecule has 1 saturated heterocycles. The molecule has 1 aliphatic heterocycles. The molecule has 0 aromatic rings. The Labute approximate surface area is 48.3 Å². The molecule has 1 N–H and O–H groups in total. The summed E-state index contributed by atoms with van der Waals surface area (Å²) >= 11 is 0. The zero-order valence-electron chi connectivity index (χ0n) is 4.78. The molecule has 0 aromatic heterocycles. The van der Waals surface area contributed by atoms with Crippen LogP contribution < -0.4 is 5.32 Å². The number of hydrogen-bond acceptors (Lipinski definition) is 1. The van der Waals surface area contributed by atoms with E-state index in [4.69, 9.17) is 0 Å². The summed E-state index contributed by atoms with van der Waals surface area (Å²) in [5.41, 5.74) is 0.430. The molecule has 1 spiro atoms. The van der Waals surface area contributed by atoms with Crippen molar-refractivity contribution in [2.24, 2.45) is 5.41 Å². The number of halogens is 1. The molecule has 2 rings (SSSR count). The van der Waals surface area contributed by atoms with Crippen LogP contribution in [0.4, 0.5) is 4.39 Å². The zero-order valence-corrected chi connectivity index (χ0v) is 4.78. The maximum absolute atomic E-state index is 12.2. The van der Waals surface area contributed by atoms with Gasteiger partial charge < -0.3 is 5.32 Å². The zero-order chi connectivity index (χ0) is 5.61. The van der Waals surface area contributed by atoms with Gasteiger partial charge in [0.2, 0.25) is 0 Å². The third kappa shape index (κ3) is 0.440. The van der Waals surface area contributed by atoms with Gasteiger partial charge in [-0.3, -0.25) is 0 Å². The first kappa shape index (κ1) is 4.74. The molecule has 0 unspecified atom stereocenters. The van der Waals surface area contributed by atoms with Crippen LogP contribution in [0.1, 0.15) is 12.8 Å². The Kier molecular flexibility index (Phi) is 0.734. The summed E-state index contributed by atoms with van der Waals surface area (Å²) in [6, 6.07) is 0. The Morgan fingerprint density at radius 2 is 2.00 bits per heavy atom. The van der Waals surface area contributed by atoms with Crippen LogP contribution in [-0.2, 0) is 0 Å². The van der Waals surface area contributed by atoms with E-state index in [1.807, 2.05) is 0 Å². The van der Waals surface area contributed by atoms with Crippen molar-refractivity contribution >= 4 is 0 Å². The first-order valence-electron chi connectivity index (χ1n) is 3.16. The van der Waals surface area contributed by atoms with Crippen molar-refractivity contribution in [3.8, 4) is 0 Å². The second kappa shape index (κ2) is 1.24. The van der Waals surface area contributed by atoms with Gasteiger partial charge in [0.1, 0.15) is 6.17 Å². The molecule has 1 heterocycles. The molecule has 0 aromatic carbocycles. The molecular weight excluding hydrogens is 105 g/mol. The predicted molar refractivity (Wildman–Crippen MR) is 29.4 cm³/mol. The first-order valence-corrected chi connectivity index (χ1v) is 3.16. The average Bonchev–Trinajstić information content (AvgIpc) is 1.51. The lowest BCUT2D eigenvalue weighted by Gasteiger charge is -2.51. The summed E-state index contributed by atoms with van der Waals surface area (Å²) in [4.78, 5) is 0. The van der Waals surface area contributed by atoms with Gasteiger partial charge in [-0.1, -0.05) is 0 Å².